The molecule has 1 N–H and O–H groups in total. The standard InChI is InChI=1S/C18H22O6/c1-3-4-5-14(19)11-7-12-13(18(21)23-15(12)8-11)9-22-16-6-10(2)17(20)24-16/h6,8-9,12,14-16,19H,3-5,7H2,1-2H3/b13-9+/t12-,14+,15-,16-/m1/s1. The van der Waals surface area contributed by atoms with Crippen LogP contribution in [-0.2, 0) is 23.8 Å². The van der Waals surface area contributed by atoms with E-state index in [0.29, 0.717) is 24.0 Å². The number of hydrogen-bond acceptors (Lipinski definition) is 6. The maximum absolute atomic E-state index is 12.0. The van der Waals surface area contributed by atoms with E-state index < -0.39 is 24.3 Å². The van der Waals surface area contributed by atoms with Crippen molar-refractivity contribution in [3.05, 3.63) is 35.1 Å². The highest BCUT2D eigenvalue weighted by molar-refractivity contribution is 5.92. The number of rotatable bonds is 6. The molecule has 3 aliphatic rings. The Kier molecular flexibility index (Phi) is 4.76. The molecule has 0 aromatic rings. The van der Waals surface area contributed by atoms with E-state index in [0.717, 1.165) is 18.4 Å². The predicted molar refractivity (Wildman–Crippen MR) is 84.4 cm³/mol. The molecule has 130 valence electrons. The molecule has 2 aliphatic heterocycles. The minimum atomic E-state index is -0.805. The van der Waals surface area contributed by atoms with Crippen LogP contribution in [-0.4, -0.2) is 35.5 Å². The van der Waals surface area contributed by atoms with Crippen LogP contribution in [0.2, 0.25) is 0 Å². The van der Waals surface area contributed by atoms with Gasteiger partial charge >= 0.3 is 11.9 Å². The Morgan fingerprint density at radius 1 is 1.33 bits per heavy atom. The third kappa shape index (κ3) is 3.24. The smallest absolute Gasteiger partial charge is 0.338 e. The van der Waals surface area contributed by atoms with Crippen molar-refractivity contribution < 1.29 is 28.9 Å². The summed E-state index contributed by atoms with van der Waals surface area (Å²) in [7, 11) is 0. The second kappa shape index (κ2) is 6.81. The Bertz CT molecular complexity index is 629. The van der Waals surface area contributed by atoms with Crippen LogP contribution in [0.1, 0.15) is 39.5 Å². The molecule has 0 amide bonds. The normalized spacial score (nSPS) is 31.5. The Labute approximate surface area is 140 Å². The van der Waals surface area contributed by atoms with Crippen molar-refractivity contribution in [2.75, 3.05) is 0 Å². The van der Waals surface area contributed by atoms with Gasteiger partial charge < -0.3 is 19.3 Å². The quantitative estimate of drug-likeness (QED) is 0.347. The summed E-state index contributed by atoms with van der Waals surface area (Å²) < 4.78 is 15.7. The highest BCUT2D eigenvalue weighted by Gasteiger charge is 2.44. The van der Waals surface area contributed by atoms with Crippen molar-refractivity contribution in [3.8, 4) is 0 Å². The second-order valence-corrected chi connectivity index (χ2v) is 6.41. The lowest BCUT2D eigenvalue weighted by Gasteiger charge is -2.13. The van der Waals surface area contributed by atoms with Gasteiger partial charge in [0.15, 0.2) is 0 Å². The van der Waals surface area contributed by atoms with Crippen LogP contribution in [0, 0.1) is 5.92 Å². The highest BCUT2D eigenvalue weighted by Crippen LogP contribution is 2.41. The number of esters is 2. The molecule has 4 atom stereocenters. The van der Waals surface area contributed by atoms with E-state index in [1.54, 1.807) is 13.0 Å². The Balaban J connectivity index is 1.64. The van der Waals surface area contributed by atoms with Gasteiger partial charge in [0, 0.05) is 17.6 Å². The van der Waals surface area contributed by atoms with Crippen molar-refractivity contribution in [1.29, 1.82) is 0 Å². The Hall–Kier alpha value is -2.08. The van der Waals surface area contributed by atoms with E-state index in [2.05, 4.69) is 6.92 Å². The summed E-state index contributed by atoms with van der Waals surface area (Å²) in [6.07, 6.45) is 6.38. The molecule has 0 bridgehead atoms. The number of aliphatic hydroxyl groups is 1. The van der Waals surface area contributed by atoms with Gasteiger partial charge in [0.1, 0.15) is 6.10 Å². The van der Waals surface area contributed by atoms with Gasteiger partial charge in [-0.1, -0.05) is 19.8 Å². The zero-order valence-corrected chi connectivity index (χ0v) is 13.9. The zero-order chi connectivity index (χ0) is 17.3. The average Bonchev–Trinajstić information content (AvgIpc) is 3.17. The number of fused-ring (bicyclic) bond motifs is 1. The maximum atomic E-state index is 12.0. The number of unbranched alkanes of at least 4 members (excludes halogenated alkanes) is 1. The third-order valence-corrected chi connectivity index (χ3v) is 4.63. The summed E-state index contributed by atoms with van der Waals surface area (Å²) in [5.74, 6) is -0.992. The first kappa shape index (κ1) is 16.8. The van der Waals surface area contributed by atoms with E-state index in [1.807, 2.05) is 6.08 Å². The zero-order valence-electron chi connectivity index (χ0n) is 13.9. The molecule has 1 saturated heterocycles. The van der Waals surface area contributed by atoms with Gasteiger partial charge in [0.25, 0.3) is 6.29 Å². The second-order valence-electron chi connectivity index (χ2n) is 6.41. The van der Waals surface area contributed by atoms with Crippen LogP contribution in [0.3, 0.4) is 0 Å². The monoisotopic (exact) mass is 334 g/mol. The fourth-order valence-corrected chi connectivity index (χ4v) is 3.19. The maximum Gasteiger partial charge on any atom is 0.338 e. The van der Waals surface area contributed by atoms with Crippen LogP contribution in [0.4, 0.5) is 0 Å². The summed E-state index contributed by atoms with van der Waals surface area (Å²) >= 11 is 0. The number of aliphatic hydroxyl groups excluding tert-OH is 1. The number of cyclic esters (lactones) is 1. The van der Waals surface area contributed by atoms with E-state index >= 15 is 0 Å². The molecule has 1 fully saturated rings. The van der Waals surface area contributed by atoms with E-state index in [9.17, 15) is 14.7 Å². The van der Waals surface area contributed by atoms with Crippen molar-refractivity contribution in [1.82, 2.24) is 0 Å². The number of hydrogen-bond donors (Lipinski definition) is 1. The predicted octanol–water partition coefficient (Wildman–Crippen LogP) is 2.14. The molecule has 6 heteroatoms. The lowest BCUT2D eigenvalue weighted by Crippen LogP contribution is -2.13. The molecule has 0 unspecified atom stereocenters. The third-order valence-electron chi connectivity index (χ3n) is 4.63. The molecule has 0 radical (unpaired) electrons. The van der Waals surface area contributed by atoms with Crippen molar-refractivity contribution >= 4 is 11.9 Å². The van der Waals surface area contributed by atoms with E-state index in [-0.39, 0.29) is 12.0 Å². The summed E-state index contributed by atoms with van der Waals surface area (Å²) in [6.45, 7) is 3.72. The number of ether oxygens (including phenoxy) is 3. The first-order chi connectivity index (χ1) is 11.5. The molecule has 0 saturated carbocycles. The minimum absolute atomic E-state index is 0.147. The molecule has 1 aliphatic carbocycles. The van der Waals surface area contributed by atoms with Crippen molar-refractivity contribution in [3.63, 3.8) is 0 Å². The number of carbonyl (C=O) groups is 2. The fraction of sp³-hybridized carbons (Fsp3) is 0.556. The molecule has 6 nitrogen and oxygen atoms in total. The molecule has 0 spiro atoms. The van der Waals surface area contributed by atoms with Gasteiger partial charge in [0.2, 0.25) is 0 Å². The first-order valence-corrected chi connectivity index (χ1v) is 8.34. The SMILES string of the molecule is CCCC[C@H](O)C1=C[C@H]2OC(=O)/C(=C/O[C@H]3C=C(C)C(=O)O3)[C@H]2C1. The molecule has 2 heterocycles. The largest absolute Gasteiger partial charge is 0.458 e. The summed E-state index contributed by atoms with van der Waals surface area (Å²) in [6, 6.07) is 0. The van der Waals surface area contributed by atoms with E-state index in [1.165, 1.54) is 6.26 Å². The van der Waals surface area contributed by atoms with Crippen LogP contribution < -0.4 is 0 Å². The molecule has 3 rings (SSSR count). The van der Waals surface area contributed by atoms with Gasteiger partial charge in [-0.25, -0.2) is 9.59 Å². The first-order valence-electron chi connectivity index (χ1n) is 8.34. The van der Waals surface area contributed by atoms with Crippen molar-refractivity contribution in [2.24, 2.45) is 5.92 Å². The highest BCUT2D eigenvalue weighted by atomic mass is 16.7. The Morgan fingerprint density at radius 3 is 2.79 bits per heavy atom. The minimum Gasteiger partial charge on any atom is -0.458 e. The summed E-state index contributed by atoms with van der Waals surface area (Å²) in [4.78, 5) is 23.3. The molecule has 0 aromatic carbocycles. The number of carbonyl (C=O) groups excluding carboxylic acids is 2. The Morgan fingerprint density at radius 2 is 2.12 bits per heavy atom. The topological polar surface area (TPSA) is 82.1 Å². The molecule has 24 heavy (non-hydrogen) atoms. The lowest BCUT2D eigenvalue weighted by molar-refractivity contribution is -0.152. The van der Waals surface area contributed by atoms with Crippen LogP contribution >= 0.6 is 0 Å². The van der Waals surface area contributed by atoms with Crippen LogP contribution in [0.15, 0.2) is 35.1 Å². The lowest BCUT2D eigenvalue weighted by atomic mass is 9.95. The van der Waals surface area contributed by atoms with Gasteiger partial charge in [-0.3, -0.25) is 0 Å². The van der Waals surface area contributed by atoms with Gasteiger partial charge in [-0.2, -0.15) is 0 Å². The van der Waals surface area contributed by atoms with Crippen LogP contribution in [0.5, 0.6) is 0 Å². The fourth-order valence-electron chi connectivity index (χ4n) is 3.19. The molecule has 0 aromatic heterocycles. The van der Waals surface area contributed by atoms with Crippen LogP contribution in [0.25, 0.3) is 0 Å². The average molecular weight is 334 g/mol. The summed E-state index contributed by atoms with van der Waals surface area (Å²) in [5, 5.41) is 10.2. The van der Waals surface area contributed by atoms with Gasteiger partial charge in [-0.15, -0.1) is 0 Å². The molecular weight excluding hydrogens is 312 g/mol. The van der Waals surface area contributed by atoms with E-state index in [4.69, 9.17) is 14.2 Å². The molecular formula is C18H22O6. The summed E-state index contributed by atoms with van der Waals surface area (Å²) in [5.41, 5.74) is 1.82. The van der Waals surface area contributed by atoms with Crippen molar-refractivity contribution in [2.45, 2.75) is 58.0 Å². The van der Waals surface area contributed by atoms with Gasteiger partial charge in [-0.05, 0) is 31.4 Å². The van der Waals surface area contributed by atoms with Gasteiger partial charge in [0.05, 0.1) is 17.9 Å².